The Morgan fingerprint density at radius 3 is 2.75 bits per heavy atom. The molecule has 1 unspecified atom stereocenters. The van der Waals surface area contributed by atoms with Crippen molar-refractivity contribution >= 4 is 27.8 Å². The third kappa shape index (κ3) is 2.85. The van der Waals surface area contributed by atoms with Crippen LogP contribution in [-0.4, -0.2) is 39.5 Å². The molecule has 0 aliphatic carbocycles. The molecule has 108 valence electrons. The SMILES string of the molecule is CC1(C)CCCN(C(=O)c2cccc(Br)n2)C1C(=O)O. The van der Waals surface area contributed by atoms with E-state index in [9.17, 15) is 14.7 Å². The van der Waals surface area contributed by atoms with Crippen molar-refractivity contribution in [3.8, 4) is 0 Å². The summed E-state index contributed by atoms with van der Waals surface area (Å²) in [4.78, 5) is 29.6. The van der Waals surface area contributed by atoms with Crippen molar-refractivity contribution in [1.82, 2.24) is 9.88 Å². The molecule has 1 aliphatic rings. The minimum Gasteiger partial charge on any atom is -0.480 e. The number of aromatic nitrogens is 1. The second-order valence-corrected chi connectivity index (χ2v) is 6.49. The number of carboxylic acids is 1. The van der Waals surface area contributed by atoms with Gasteiger partial charge in [0, 0.05) is 6.54 Å². The van der Waals surface area contributed by atoms with Crippen LogP contribution < -0.4 is 0 Å². The fourth-order valence-corrected chi connectivity index (χ4v) is 3.10. The van der Waals surface area contributed by atoms with Crippen LogP contribution in [-0.2, 0) is 4.79 Å². The van der Waals surface area contributed by atoms with E-state index in [1.807, 2.05) is 13.8 Å². The number of amides is 1. The molecular weight excluding hydrogens is 324 g/mol. The fourth-order valence-electron chi connectivity index (χ4n) is 2.75. The number of rotatable bonds is 2. The molecule has 20 heavy (non-hydrogen) atoms. The summed E-state index contributed by atoms with van der Waals surface area (Å²) in [6.45, 7) is 4.23. The first-order chi connectivity index (χ1) is 9.33. The zero-order valence-electron chi connectivity index (χ0n) is 11.5. The summed E-state index contributed by atoms with van der Waals surface area (Å²) in [7, 11) is 0. The van der Waals surface area contributed by atoms with Gasteiger partial charge in [-0.1, -0.05) is 19.9 Å². The van der Waals surface area contributed by atoms with Gasteiger partial charge in [0.1, 0.15) is 16.3 Å². The van der Waals surface area contributed by atoms with Gasteiger partial charge in [-0.05, 0) is 46.3 Å². The lowest BCUT2D eigenvalue weighted by Crippen LogP contribution is -2.56. The highest BCUT2D eigenvalue weighted by molar-refractivity contribution is 9.10. The van der Waals surface area contributed by atoms with Gasteiger partial charge >= 0.3 is 5.97 Å². The van der Waals surface area contributed by atoms with E-state index >= 15 is 0 Å². The zero-order valence-corrected chi connectivity index (χ0v) is 13.1. The molecule has 1 atom stereocenters. The summed E-state index contributed by atoms with van der Waals surface area (Å²) in [5.41, 5.74) is -0.172. The highest BCUT2D eigenvalue weighted by atomic mass is 79.9. The second-order valence-electron chi connectivity index (χ2n) is 5.68. The molecule has 5 nitrogen and oxygen atoms in total. The van der Waals surface area contributed by atoms with Crippen LogP contribution in [0.3, 0.4) is 0 Å². The van der Waals surface area contributed by atoms with E-state index in [4.69, 9.17) is 0 Å². The second kappa shape index (κ2) is 5.52. The van der Waals surface area contributed by atoms with Crippen molar-refractivity contribution in [3.63, 3.8) is 0 Å². The molecule has 1 aromatic rings. The van der Waals surface area contributed by atoms with Gasteiger partial charge in [-0.2, -0.15) is 0 Å². The molecule has 2 heterocycles. The van der Waals surface area contributed by atoms with Crippen LogP contribution in [0.5, 0.6) is 0 Å². The Morgan fingerprint density at radius 2 is 2.15 bits per heavy atom. The van der Waals surface area contributed by atoms with Gasteiger partial charge < -0.3 is 10.0 Å². The quantitative estimate of drug-likeness (QED) is 0.840. The number of carboxylic acid groups (broad SMARTS) is 1. The van der Waals surface area contributed by atoms with Crippen molar-refractivity contribution in [2.24, 2.45) is 5.41 Å². The Labute approximate surface area is 126 Å². The van der Waals surface area contributed by atoms with E-state index in [-0.39, 0.29) is 11.6 Å². The van der Waals surface area contributed by atoms with Crippen molar-refractivity contribution in [3.05, 3.63) is 28.5 Å². The first kappa shape index (κ1) is 15.0. The number of piperidine rings is 1. The van der Waals surface area contributed by atoms with Gasteiger partial charge in [0.2, 0.25) is 0 Å². The number of halogens is 1. The van der Waals surface area contributed by atoms with Gasteiger partial charge in [-0.25, -0.2) is 9.78 Å². The molecule has 1 aromatic heterocycles. The molecule has 1 N–H and O–H groups in total. The van der Waals surface area contributed by atoms with Crippen LogP contribution in [0.15, 0.2) is 22.8 Å². The van der Waals surface area contributed by atoms with Gasteiger partial charge in [0.15, 0.2) is 0 Å². The number of hydrogen-bond donors (Lipinski definition) is 1. The minimum absolute atomic E-state index is 0.267. The first-order valence-corrected chi connectivity index (χ1v) is 7.28. The summed E-state index contributed by atoms with van der Waals surface area (Å²) in [6.07, 6.45) is 1.59. The van der Waals surface area contributed by atoms with Crippen molar-refractivity contribution in [2.75, 3.05) is 6.54 Å². The smallest absolute Gasteiger partial charge is 0.326 e. The topological polar surface area (TPSA) is 70.5 Å². The third-order valence-electron chi connectivity index (χ3n) is 3.70. The van der Waals surface area contributed by atoms with E-state index in [2.05, 4.69) is 20.9 Å². The van der Waals surface area contributed by atoms with Crippen LogP contribution in [0.25, 0.3) is 0 Å². The van der Waals surface area contributed by atoms with Crippen LogP contribution in [0.1, 0.15) is 37.2 Å². The van der Waals surface area contributed by atoms with E-state index in [1.54, 1.807) is 18.2 Å². The lowest BCUT2D eigenvalue weighted by Gasteiger charge is -2.43. The van der Waals surface area contributed by atoms with E-state index < -0.39 is 17.4 Å². The van der Waals surface area contributed by atoms with Crippen LogP contribution in [0.4, 0.5) is 0 Å². The Bertz CT molecular complexity index is 545. The summed E-state index contributed by atoms with van der Waals surface area (Å²) >= 11 is 3.22. The predicted octanol–water partition coefficient (Wildman–Crippen LogP) is 2.56. The normalized spacial score (nSPS) is 21.6. The molecule has 1 amide bonds. The van der Waals surface area contributed by atoms with Gasteiger partial charge in [-0.15, -0.1) is 0 Å². The van der Waals surface area contributed by atoms with Crippen molar-refractivity contribution in [2.45, 2.75) is 32.7 Å². The number of aliphatic carboxylic acids is 1. The maximum Gasteiger partial charge on any atom is 0.326 e. The molecule has 0 aromatic carbocycles. The number of likely N-dealkylation sites (tertiary alicyclic amines) is 1. The summed E-state index contributed by atoms with van der Waals surface area (Å²) in [5.74, 6) is -1.29. The summed E-state index contributed by atoms with van der Waals surface area (Å²) in [5, 5.41) is 9.47. The third-order valence-corrected chi connectivity index (χ3v) is 4.14. The largest absolute Gasteiger partial charge is 0.480 e. The molecule has 6 heteroatoms. The fraction of sp³-hybridized carbons (Fsp3) is 0.500. The van der Waals surface area contributed by atoms with E-state index in [0.29, 0.717) is 11.1 Å². The number of hydrogen-bond acceptors (Lipinski definition) is 3. The molecule has 1 saturated heterocycles. The lowest BCUT2D eigenvalue weighted by atomic mass is 9.76. The average molecular weight is 341 g/mol. The Morgan fingerprint density at radius 1 is 1.45 bits per heavy atom. The average Bonchev–Trinajstić information content (AvgIpc) is 2.35. The number of carbonyl (C=O) groups excluding carboxylic acids is 1. The van der Waals surface area contributed by atoms with Crippen molar-refractivity contribution in [1.29, 1.82) is 0 Å². The van der Waals surface area contributed by atoms with Gasteiger partial charge in [-0.3, -0.25) is 4.79 Å². The van der Waals surface area contributed by atoms with E-state index in [1.165, 1.54) is 4.90 Å². The molecule has 0 bridgehead atoms. The zero-order chi connectivity index (χ0) is 14.9. The van der Waals surface area contributed by atoms with Gasteiger partial charge in [0.05, 0.1) is 0 Å². The Kier molecular flexibility index (Phi) is 4.13. The Hall–Kier alpha value is -1.43. The van der Waals surface area contributed by atoms with Crippen molar-refractivity contribution < 1.29 is 14.7 Å². The molecule has 0 spiro atoms. The summed E-state index contributed by atoms with van der Waals surface area (Å²) < 4.78 is 0.562. The number of pyridine rings is 1. The highest BCUT2D eigenvalue weighted by Crippen LogP contribution is 2.35. The molecule has 0 radical (unpaired) electrons. The molecular formula is C14H17BrN2O3. The predicted molar refractivity (Wildman–Crippen MR) is 77.4 cm³/mol. The number of carbonyl (C=O) groups is 2. The standard InChI is InChI=1S/C14H17BrN2O3/c1-14(2)7-4-8-17(11(14)13(19)20)12(18)9-5-3-6-10(15)16-9/h3,5-6,11H,4,7-8H2,1-2H3,(H,19,20). The van der Waals surface area contributed by atoms with Crippen LogP contribution >= 0.6 is 15.9 Å². The van der Waals surface area contributed by atoms with E-state index in [0.717, 1.165) is 12.8 Å². The molecule has 0 saturated carbocycles. The number of nitrogens with zero attached hydrogens (tertiary/aromatic N) is 2. The maximum absolute atomic E-state index is 12.5. The summed E-state index contributed by atoms with van der Waals surface area (Å²) in [6, 6.07) is 4.23. The Balaban J connectivity index is 2.34. The van der Waals surface area contributed by atoms with Crippen LogP contribution in [0.2, 0.25) is 0 Å². The highest BCUT2D eigenvalue weighted by Gasteiger charge is 2.44. The van der Waals surface area contributed by atoms with Gasteiger partial charge in [0.25, 0.3) is 5.91 Å². The first-order valence-electron chi connectivity index (χ1n) is 6.49. The van der Waals surface area contributed by atoms with Crippen LogP contribution in [0, 0.1) is 5.41 Å². The maximum atomic E-state index is 12.5. The molecule has 1 aliphatic heterocycles. The minimum atomic E-state index is -0.960. The molecule has 2 rings (SSSR count). The molecule has 1 fully saturated rings. The lowest BCUT2D eigenvalue weighted by molar-refractivity contribution is -0.148. The monoisotopic (exact) mass is 340 g/mol.